The van der Waals surface area contributed by atoms with Crippen LogP contribution in [0.15, 0.2) is 40.1 Å². The smallest absolute Gasteiger partial charge is 0.318 e. The highest BCUT2D eigenvalue weighted by Crippen LogP contribution is 2.24. The van der Waals surface area contributed by atoms with Crippen molar-refractivity contribution in [1.29, 1.82) is 0 Å². The van der Waals surface area contributed by atoms with Gasteiger partial charge in [0.15, 0.2) is 0 Å². The Bertz CT molecular complexity index is 900. The quantitative estimate of drug-likeness (QED) is 0.674. The van der Waals surface area contributed by atoms with Gasteiger partial charge in [0.05, 0.1) is 5.69 Å². The molecule has 1 amide bonds. The van der Waals surface area contributed by atoms with Crippen molar-refractivity contribution in [3.63, 3.8) is 0 Å². The molecule has 1 fully saturated rings. The van der Waals surface area contributed by atoms with Crippen LogP contribution in [0.5, 0.6) is 0 Å². The van der Waals surface area contributed by atoms with E-state index in [0.717, 1.165) is 16.3 Å². The molecule has 8 heteroatoms. The van der Waals surface area contributed by atoms with Gasteiger partial charge in [-0.3, -0.25) is 4.79 Å². The summed E-state index contributed by atoms with van der Waals surface area (Å²) in [5.41, 5.74) is 2.10. The number of amides is 1. The van der Waals surface area contributed by atoms with Crippen LogP contribution in [0.2, 0.25) is 0 Å². The molecule has 2 aromatic heterocycles. The minimum atomic E-state index is 0.172. The maximum atomic E-state index is 12.5. The number of hydrogen-bond acceptors (Lipinski definition) is 7. The van der Waals surface area contributed by atoms with Crippen molar-refractivity contribution in [3.8, 4) is 10.6 Å². The molecule has 0 spiro atoms. The number of hydrogen-bond donors (Lipinski definition) is 0. The van der Waals surface area contributed by atoms with Crippen LogP contribution in [0, 0.1) is 6.92 Å². The van der Waals surface area contributed by atoms with Gasteiger partial charge in [0.2, 0.25) is 11.8 Å². The average Bonchev–Trinajstić information content (AvgIpc) is 3.36. The van der Waals surface area contributed by atoms with Gasteiger partial charge in [0.1, 0.15) is 5.01 Å². The summed E-state index contributed by atoms with van der Waals surface area (Å²) in [4.78, 5) is 21.1. The topological polar surface area (TPSA) is 75.4 Å². The standard InChI is InChI=1S/C19H21N5O2S/c1-14-21-22-19(26-14)24-11-9-23(10-12-24)17(25)8-7-16-13-27-18(20-16)15-5-3-2-4-6-15/h2-6,13H,7-12H2,1H3. The predicted molar refractivity (Wildman–Crippen MR) is 104 cm³/mol. The summed E-state index contributed by atoms with van der Waals surface area (Å²) in [6.45, 7) is 4.54. The largest absolute Gasteiger partial charge is 0.408 e. The lowest BCUT2D eigenvalue weighted by atomic mass is 10.2. The summed E-state index contributed by atoms with van der Waals surface area (Å²) >= 11 is 1.62. The van der Waals surface area contributed by atoms with Crippen LogP contribution in [0.4, 0.5) is 6.01 Å². The molecule has 0 N–H and O–H groups in total. The Morgan fingerprint density at radius 2 is 1.93 bits per heavy atom. The van der Waals surface area contributed by atoms with Crippen molar-refractivity contribution in [1.82, 2.24) is 20.1 Å². The van der Waals surface area contributed by atoms with E-state index in [9.17, 15) is 4.79 Å². The van der Waals surface area contributed by atoms with Crippen molar-refractivity contribution >= 4 is 23.3 Å². The van der Waals surface area contributed by atoms with Gasteiger partial charge in [-0.15, -0.1) is 16.4 Å². The molecule has 140 valence electrons. The lowest BCUT2D eigenvalue weighted by Gasteiger charge is -2.33. The number of anilines is 1. The van der Waals surface area contributed by atoms with Crippen molar-refractivity contribution in [3.05, 3.63) is 47.3 Å². The summed E-state index contributed by atoms with van der Waals surface area (Å²) in [6, 6.07) is 10.7. The molecular weight excluding hydrogens is 362 g/mol. The first-order valence-corrected chi connectivity index (χ1v) is 9.89. The van der Waals surface area contributed by atoms with E-state index in [0.29, 0.717) is 50.9 Å². The summed E-state index contributed by atoms with van der Waals surface area (Å²) in [7, 11) is 0. The van der Waals surface area contributed by atoms with E-state index in [2.05, 4.69) is 27.3 Å². The molecule has 0 unspecified atom stereocenters. The third kappa shape index (κ3) is 4.16. The molecule has 1 saturated heterocycles. The van der Waals surface area contributed by atoms with E-state index in [1.807, 2.05) is 33.4 Å². The molecule has 27 heavy (non-hydrogen) atoms. The zero-order chi connectivity index (χ0) is 18.6. The summed E-state index contributed by atoms with van der Waals surface area (Å²) in [6.07, 6.45) is 1.16. The fourth-order valence-electron chi connectivity index (χ4n) is 3.09. The highest BCUT2D eigenvalue weighted by atomic mass is 32.1. The number of rotatable bonds is 5. The molecule has 4 rings (SSSR count). The lowest BCUT2D eigenvalue weighted by Crippen LogP contribution is -2.49. The highest BCUT2D eigenvalue weighted by Gasteiger charge is 2.23. The second-order valence-corrected chi connectivity index (χ2v) is 7.34. The fourth-order valence-corrected chi connectivity index (χ4v) is 3.95. The third-order valence-corrected chi connectivity index (χ3v) is 5.53. The van der Waals surface area contributed by atoms with E-state index in [-0.39, 0.29) is 5.91 Å². The first-order chi connectivity index (χ1) is 13.2. The van der Waals surface area contributed by atoms with Crippen molar-refractivity contribution in [2.24, 2.45) is 0 Å². The molecule has 0 saturated carbocycles. The molecule has 1 aliphatic rings. The molecule has 0 bridgehead atoms. The molecule has 3 heterocycles. The van der Waals surface area contributed by atoms with Gasteiger partial charge in [-0.05, 0) is 6.42 Å². The van der Waals surface area contributed by atoms with Gasteiger partial charge in [-0.1, -0.05) is 35.4 Å². The van der Waals surface area contributed by atoms with Gasteiger partial charge in [-0.2, -0.15) is 0 Å². The molecule has 1 aliphatic heterocycles. The van der Waals surface area contributed by atoms with Crippen LogP contribution in [0.1, 0.15) is 18.0 Å². The Morgan fingerprint density at radius 3 is 2.63 bits per heavy atom. The maximum absolute atomic E-state index is 12.5. The van der Waals surface area contributed by atoms with Gasteiger partial charge in [0, 0.05) is 50.5 Å². The van der Waals surface area contributed by atoms with E-state index >= 15 is 0 Å². The predicted octanol–water partition coefficient (Wildman–Crippen LogP) is 2.78. The van der Waals surface area contributed by atoms with Crippen LogP contribution in [0.3, 0.4) is 0 Å². The Kier molecular flexibility index (Phi) is 5.15. The van der Waals surface area contributed by atoms with Crippen LogP contribution < -0.4 is 4.90 Å². The zero-order valence-electron chi connectivity index (χ0n) is 15.2. The minimum absolute atomic E-state index is 0.172. The number of aromatic nitrogens is 3. The molecule has 0 atom stereocenters. The van der Waals surface area contributed by atoms with Crippen LogP contribution >= 0.6 is 11.3 Å². The number of thiazole rings is 1. The first kappa shape index (κ1) is 17.7. The van der Waals surface area contributed by atoms with Crippen molar-refractivity contribution in [2.45, 2.75) is 19.8 Å². The van der Waals surface area contributed by atoms with Gasteiger partial charge in [-0.25, -0.2) is 4.98 Å². The molecule has 0 aliphatic carbocycles. The van der Waals surface area contributed by atoms with Gasteiger partial charge >= 0.3 is 6.01 Å². The van der Waals surface area contributed by atoms with E-state index in [4.69, 9.17) is 4.42 Å². The Hall–Kier alpha value is -2.74. The van der Waals surface area contributed by atoms with Crippen LogP contribution in [-0.4, -0.2) is 52.2 Å². The van der Waals surface area contributed by atoms with Crippen LogP contribution in [0.25, 0.3) is 10.6 Å². The average molecular weight is 383 g/mol. The molecular formula is C19H21N5O2S. The van der Waals surface area contributed by atoms with Gasteiger partial charge in [0.25, 0.3) is 0 Å². The van der Waals surface area contributed by atoms with E-state index in [1.165, 1.54) is 0 Å². The second-order valence-electron chi connectivity index (χ2n) is 6.48. The zero-order valence-corrected chi connectivity index (χ0v) is 16.0. The number of piperazine rings is 1. The Labute approximate surface area is 161 Å². The Balaban J connectivity index is 1.27. The second kappa shape index (κ2) is 7.87. The molecule has 7 nitrogen and oxygen atoms in total. The highest BCUT2D eigenvalue weighted by molar-refractivity contribution is 7.13. The maximum Gasteiger partial charge on any atom is 0.318 e. The monoisotopic (exact) mass is 383 g/mol. The normalized spacial score (nSPS) is 14.6. The fraction of sp³-hybridized carbons (Fsp3) is 0.368. The van der Waals surface area contributed by atoms with Crippen molar-refractivity contribution < 1.29 is 9.21 Å². The molecule has 3 aromatic rings. The Morgan fingerprint density at radius 1 is 1.15 bits per heavy atom. The molecule has 0 radical (unpaired) electrons. The SMILES string of the molecule is Cc1nnc(N2CCN(C(=O)CCc3csc(-c4ccccc4)n3)CC2)o1. The number of aryl methyl sites for hydroxylation is 2. The number of carbonyl (C=O) groups is 1. The number of nitrogens with zero attached hydrogens (tertiary/aromatic N) is 5. The minimum Gasteiger partial charge on any atom is -0.408 e. The van der Waals surface area contributed by atoms with Crippen LogP contribution in [-0.2, 0) is 11.2 Å². The lowest BCUT2D eigenvalue weighted by molar-refractivity contribution is -0.131. The van der Waals surface area contributed by atoms with E-state index in [1.54, 1.807) is 18.3 Å². The molecule has 1 aromatic carbocycles. The summed E-state index contributed by atoms with van der Waals surface area (Å²) in [5, 5.41) is 10.9. The summed E-state index contributed by atoms with van der Waals surface area (Å²) < 4.78 is 5.46. The van der Waals surface area contributed by atoms with Crippen molar-refractivity contribution in [2.75, 3.05) is 31.1 Å². The number of carbonyl (C=O) groups excluding carboxylic acids is 1. The third-order valence-electron chi connectivity index (χ3n) is 4.59. The summed E-state index contributed by atoms with van der Waals surface area (Å²) in [5.74, 6) is 0.729. The first-order valence-electron chi connectivity index (χ1n) is 9.02. The van der Waals surface area contributed by atoms with Gasteiger partial charge < -0.3 is 14.2 Å². The van der Waals surface area contributed by atoms with E-state index < -0.39 is 0 Å². The number of benzene rings is 1.